The van der Waals surface area contributed by atoms with Crippen LogP contribution in [0.3, 0.4) is 0 Å². The Balaban J connectivity index is 1.61. The second-order valence-electron chi connectivity index (χ2n) is 6.96. The van der Waals surface area contributed by atoms with Gasteiger partial charge in [0.05, 0.1) is 6.20 Å². The van der Waals surface area contributed by atoms with Crippen LogP contribution in [-0.2, 0) is 6.54 Å². The van der Waals surface area contributed by atoms with Gasteiger partial charge in [-0.15, -0.1) is 0 Å². The number of aryl methyl sites for hydroxylation is 1. The summed E-state index contributed by atoms with van der Waals surface area (Å²) < 4.78 is 0. The lowest BCUT2D eigenvalue weighted by Gasteiger charge is -2.62. The smallest absolute Gasteiger partial charge is 0.0535 e. The van der Waals surface area contributed by atoms with E-state index in [1.165, 1.54) is 24.1 Å². The predicted octanol–water partition coefficient (Wildman–Crippen LogP) is 2.88. The molecule has 4 atom stereocenters. The second kappa shape index (κ2) is 4.09. The summed E-state index contributed by atoms with van der Waals surface area (Å²) >= 11 is 0. The maximum Gasteiger partial charge on any atom is 0.0535 e. The fraction of sp³-hybridized carbons (Fsp3) is 0.800. The minimum Gasteiger partial charge on any atom is -0.310 e. The Bertz CT molecular complexity index is 435. The minimum absolute atomic E-state index is 0.586. The highest BCUT2D eigenvalue weighted by molar-refractivity contribution is 5.14. The highest BCUT2D eigenvalue weighted by atomic mass is 15.1. The van der Waals surface area contributed by atoms with Crippen molar-refractivity contribution in [1.82, 2.24) is 15.5 Å². The van der Waals surface area contributed by atoms with Crippen LogP contribution >= 0.6 is 0 Å². The Hall–Kier alpha value is -0.830. The number of hydrogen-bond donors (Lipinski definition) is 2. The summed E-state index contributed by atoms with van der Waals surface area (Å²) in [6, 6.07) is 0.691. The van der Waals surface area contributed by atoms with Gasteiger partial charge in [0.25, 0.3) is 0 Å². The van der Waals surface area contributed by atoms with E-state index < -0.39 is 0 Å². The molecule has 18 heavy (non-hydrogen) atoms. The molecule has 4 unspecified atom stereocenters. The van der Waals surface area contributed by atoms with Crippen LogP contribution in [0, 0.1) is 30.1 Å². The lowest BCUT2D eigenvalue weighted by molar-refractivity contribution is -0.115. The van der Waals surface area contributed by atoms with Crippen molar-refractivity contribution in [3.05, 3.63) is 17.5 Å². The standard InChI is InChI=1S/C15H25N3/c1-9-13-5-12(15(13,3)4)6-14(9)16-7-11-8-17-18-10(11)2/h8-9,12-14,16H,5-7H2,1-4H3,(H,17,18). The summed E-state index contributed by atoms with van der Waals surface area (Å²) in [5.41, 5.74) is 3.08. The van der Waals surface area contributed by atoms with Crippen LogP contribution in [-0.4, -0.2) is 16.2 Å². The molecule has 3 nitrogen and oxygen atoms in total. The Morgan fingerprint density at radius 2 is 2.22 bits per heavy atom. The summed E-state index contributed by atoms with van der Waals surface area (Å²) in [6.07, 6.45) is 4.75. The molecule has 2 bridgehead atoms. The number of nitrogens with one attached hydrogen (secondary N) is 2. The summed E-state index contributed by atoms with van der Waals surface area (Å²) in [5.74, 6) is 2.65. The van der Waals surface area contributed by atoms with E-state index in [0.717, 1.165) is 24.3 Å². The van der Waals surface area contributed by atoms with E-state index in [0.29, 0.717) is 11.5 Å². The molecule has 4 rings (SSSR count). The molecule has 0 spiro atoms. The van der Waals surface area contributed by atoms with E-state index in [2.05, 4.69) is 43.2 Å². The molecule has 100 valence electrons. The maximum atomic E-state index is 4.09. The average Bonchev–Trinajstić information content (AvgIpc) is 2.73. The average molecular weight is 247 g/mol. The summed E-state index contributed by atoms with van der Waals surface area (Å²) in [6.45, 7) is 10.4. The van der Waals surface area contributed by atoms with Crippen LogP contribution in [0.25, 0.3) is 0 Å². The Morgan fingerprint density at radius 1 is 1.44 bits per heavy atom. The maximum absolute atomic E-state index is 4.09. The van der Waals surface area contributed by atoms with Crippen LogP contribution in [0.4, 0.5) is 0 Å². The third kappa shape index (κ3) is 1.71. The first kappa shape index (κ1) is 12.2. The number of H-pyrrole nitrogens is 1. The fourth-order valence-electron chi connectivity index (χ4n) is 4.21. The first-order valence-corrected chi connectivity index (χ1v) is 7.22. The zero-order valence-electron chi connectivity index (χ0n) is 12.0. The van der Waals surface area contributed by atoms with E-state index in [9.17, 15) is 0 Å². The molecule has 3 fully saturated rings. The van der Waals surface area contributed by atoms with Gasteiger partial charge in [-0.2, -0.15) is 5.10 Å². The molecule has 0 saturated heterocycles. The van der Waals surface area contributed by atoms with Crippen molar-refractivity contribution in [2.24, 2.45) is 23.2 Å². The molecule has 3 aliphatic rings. The zero-order valence-corrected chi connectivity index (χ0v) is 12.0. The second-order valence-corrected chi connectivity index (χ2v) is 6.96. The molecule has 0 aromatic carbocycles. The van der Waals surface area contributed by atoms with Gasteiger partial charge in [0, 0.05) is 23.8 Å². The summed E-state index contributed by atoms with van der Waals surface area (Å²) in [4.78, 5) is 0. The lowest BCUT2D eigenvalue weighted by Crippen LogP contribution is -2.59. The van der Waals surface area contributed by atoms with Gasteiger partial charge in [-0.1, -0.05) is 20.8 Å². The fourth-order valence-corrected chi connectivity index (χ4v) is 4.21. The van der Waals surface area contributed by atoms with E-state index >= 15 is 0 Å². The van der Waals surface area contributed by atoms with Crippen molar-refractivity contribution in [3.63, 3.8) is 0 Å². The number of nitrogens with zero attached hydrogens (tertiary/aromatic N) is 1. The predicted molar refractivity (Wildman–Crippen MR) is 73.1 cm³/mol. The molecular weight excluding hydrogens is 222 g/mol. The monoisotopic (exact) mass is 247 g/mol. The molecule has 1 heterocycles. The lowest BCUT2D eigenvalue weighted by atomic mass is 9.45. The van der Waals surface area contributed by atoms with Gasteiger partial charge in [0.15, 0.2) is 0 Å². The Kier molecular flexibility index (Phi) is 2.77. The Morgan fingerprint density at radius 3 is 2.78 bits per heavy atom. The molecule has 1 aromatic heterocycles. The van der Waals surface area contributed by atoms with Crippen LogP contribution in [0.5, 0.6) is 0 Å². The first-order chi connectivity index (χ1) is 8.50. The van der Waals surface area contributed by atoms with E-state index in [1.54, 1.807) is 0 Å². The third-order valence-corrected chi connectivity index (χ3v) is 5.84. The third-order valence-electron chi connectivity index (χ3n) is 5.84. The van der Waals surface area contributed by atoms with E-state index in [4.69, 9.17) is 0 Å². The molecule has 0 aliphatic heterocycles. The largest absolute Gasteiger partial charge is 0.310 e. The van der Waals surface area contributed by atoms with Gasteiger partial charge in [0.1, 0.15) is 0 Å². The summed E-state index contributed by atoms with van der Waals surface area (Å²) in [7, 11) is 0. The van der Waals surface area contributed by atoms with Crippen molar-refractivity contribution in [3.8, 4) is 0 Å². The number of aromatic amines is 1. The topological polar surface area (TPSA) is 40.7 Å². The number of aromatic nitrogens is 2. The minimum atomic E-state index is 0.586. The normalized spacial score (nSPS) is 37.3. The molecule has 0 radical (unpaired) electrons. The molecular formula is C15H25N3. The first-order valence-electron chi connectivity index (χ1n) is 7.22. The number of fused-ring (bicyclic) bond motifs is 2. The van der Waals surface area contributed by atoms with Gasteiger partial charge in [-0.3, -0.25) is 5.10 Å². The van der Waals surface area contributed by atoms with Crippen LogP contribution in [0.1, 0.15) is 44.9 Å². The Labute approximate surface area is 110 Å². The van der Waals surface area contributed by atoms with E-state index in [-0.39, 0.29) is 0 Å². The highest BCUT2D eigenvalue weighted by Gasteiger charge is 2.55. The quantitative estimate of drug-likeness (QED) is 0.862. The molecule has 0 amide bonds. The van der Waals surface area contributed by atoms with Crippen LogP contribution < -0.4 is 5.32 Å². The van der Waals surface area contributed by atoms with E-state index in [1.807, 2.05) is 6.20 Å². The molecule has 2 N–H and O–H groups in total. The molecule has 3 saturated carbocycles. The zero-order chi connectivity index (χ0) is 12.9. The van der Waals surface area contributed by atoms with Gasteiger partial charge in [-0.05, 0) is 42.9 Å². The summed E-state index contributed by atoms with van der Waals surface area (Å²) in [5, 5.41) is 10.8. The number of rotatable bonds is 3. The van der Waals surface area contributed by atoms with Crippen LogP contribution in [0.2, 0.25) is 0 Å². The molecule has 1 aromatic rings. The molecule has 3 aliphatic carbocycles. The van der Waals surface area contributed by atoms with Gasteiger partial charge in [0.2, 0.25) is 0 Å². The van der Waals surface area contributed by atoms with Gasteiger partial charge >= 0.3 is 0 Å². The van der Waals surface area contributed by atoms with Gasteiger partial charge < -0.3 is 5.32 Å². The van der Waals surface area contributed by atoms with Crippen LogP contribution in [0.15, 0.2) is 6.20 Å². The number of hydrogen-bond acceptors (Lipinski definition) is 2. The highest BCUT2D eigenvalue weighted by Crippen LogP contribution is 2.61. The van der Waals surface area contributed by atoms with Crippen molar-refractivity contribution >= 4 is 0 Å². The van der Waals surface area contributed by atoms with Crippen molar-refractivity contribution < 1.29 is 0 Å². The molecule has 3 heteroatoms. The van der Waals surface area contributed by atoms with Gasteiger partial charge in [-0.25, -0.2) is 0 Å². The van der Waals surface area contributed by atoms with Crippen molar-refractivity contribution in [1.29, 1.82) is 0 Å². The van der Waals surface area contributed by atoms with Crippen molar-refractivity contribution in [2.75, 3.05) is 0 Å². The van der Waals surface area contributed by atoms with Crippen molar-refractivity contribution in [2.45, 2.75) is 53.1 Å². The SMILES string of the molecule is Cc1[nH]ncc1CNC1CC2CC(C1C)C2(C)C.